The minimum atomic E-state index is -0.253. The Labute approximate surface area is 101 Å². The van der Waals surface area contributed by atoms with Gasteiger partial charge in [-0.1, -0.05) is 6.92 Å². The average Bonchev–Trinajstić information content (AvgIpc) is 2.29. The van der Waals surface area contributed by atoms with Gasteiger partial charge in [0.05, 0.1) is 5.52 Å². The smallest absolute Gasteiger partial charge is 0.125 e. The van der Waals surface area contributed by atoms with Crippen LogP contribution < -0.4 is 5.32 Å². The summed E-state index contributed by atoms with van der Waals surface area (Å²) < 4.78 is 13.1. The van der Waals surface area contributed by atoms with Crippen molar-refractivity contribution in [2.75, 3.05) is 5.32 Å². The molecule has 3 heteroatoms. The van der Waals surface area contributed by atoms with Gasteiger partial charge in [0.25, 0.3) is 0 Å². The molecule has 0 amide bonds. The maximum Gasteiger partial charge on any atom is 0.125 e. The van der Waals surface area contributed by atoms with Crippen LogP contribution in [0, 0.1) is 12.2 Å². The van der Waals surface area contributed by atoms with Crippen molar-refractivity contribution in [3.8, 4) is 0 Å². The quantitative estimate of drug-likeness (QED) is 0.866. The number of nitrogens with one attached hydrogen (secondary N) is 1. The molecule has 1 atom stereocenters. The van der Waals surface area contributed by atoms with Crippen LogP contribution in [-0.2, 0) is 0 Å². The Morgan fingerprint density at radius 1 is 1.41 bits per heavy atom. The molecule has 1 heterocycles. The highest BCUT2D eigenvalue weighted by Gasteiger charge is 2.05. The van der Waals surface area contributed by atoms with E-state index in [0.717, 1.165) is 17.5 Å². The first-order chi connectivity index (χ1) is 8.20. The highest BCUT2D eigenvalue weighted by Crippen LogP contribution is 2.23. The van der Waals surface area contributed by atoms with Crippen LogP contribution in [0.25, 0.3) is 10.9 Å². The number of halogens is 1. The Hall–Kier alpha value is -1.64. The summed E-state index contributed by atoms with van der Waals surface area (Å²) in [5, 5.41) is 4.37. The lowest BCUT2D eigenvalue weighted by Crippen LogP contribution is -2.14. The second kappa shape index (κ2) is 5.13. The van der Waals surface area contributed by atoms with Crippen molar-refractivity contribution in [3.63, 3.8) is 0 Å². The molecule has 1 aromatic heterocycles. The molecule has 2 aromatic rings. The maximum absolute atomic E-state index is 13.1. The Morgan fingerprint density at radius 3 is 3.00 bits per heavy atom. The summed E-state index contributed by atoms with van der Waals surface area (Å²) in [5.74, 6) is -0.253. The molecule has 0 bridgehead atoms. The molecule has 1 radical (unpaired) electrons. The van der Waals surface area contributed by atoms with Gasteiger partial charge in [0.2, 0.25) is 0 Å². The van der Waals surface area contributed by atoms with Crippen molar-refractivity contribution in [1.29, 1.82) is 0 Å². The van der Waals surface area contributed by atoms with Gasteiger partial charge >= 0.3 is 0 Å². The molecule has 0 unspecified atom stereocenters. The summed E-state index contributed by atoms with van der Waals surface area (Å²) in [6.07, 6.45) is 4.82. The average molecular weight is 231 g/mol. The molecule has 0 aliphatic rings. The number of aromatic nitrogens is 1. The number of hydrogen-bond acceptors (Lipinski definition) is 2. The first-order valence-electron chi connectivity index (χ1n) is 5.79. The van der Waals surface area contributed by atoms with Gasteiger partial charge in [0.15, 0.2) is 0 Å². The highest BCUT2D eigenvalue weighted by atomic mass is 19.1. The van der Waals surface area contributed by atoms with Gasteiger partial charge in [-0.3, -0.25) is 4.98 Å². The molecule has 0 saturated heterocycles. The van der Waals surface area contributed by atoms with E-state index in [1.165, 1.54) is 12.1 Å². The van der Waals surface area contributed by atoms with Crippen LogP contribution in [0.2, 0.25) is 0 Å². The van der Waals surface area contributed by atoms with Crippen molar-refractivity contribution < 1.29 is 4.39 Å². The summed E-state index contributed by atoms with van der Waals surface area (Å²) >= 11 is 0. The topological polar surface area (TPSA) is 24.9 Å². The zero-order chi connectivity index (χ0) is 12.3. The van der Waals surface area contributed by atoms with Gasteiger partial charge in [-0.2, -0.15) is 0 Å². The van der Waals surface area contributed by atoms with E-state index in [0.29, 0.717) is 11.6 Å². The lowest BCUT2D eigenvalue weighted by Gasteiger charge is -2.15. The molecule has 1 N–H and O–H groups in total. The number of benzene rings is 1. The van der Waals surface area contributed by atoms with Crippen LogP contribution in [0.5, 0.6) is 0 Å². The predicted octanol–water partition coefficient (Wildman–Crippen LogP) is 3.79. The van der Waals surface area contributed by atoms with Gasteiger partial charge in [0.1, 0.15) is 5.82 Å². The number of rotatable bonds is 4. The standard InChI is InChI=1S/C14H16FN2/c1-3-4-10(2)17-13-7-8-16-14-9-11(15)5-6-12(13)14/h3,5-10H,4H2,1-2H3,(H,16,17)/t10-/m0/s1. The molecule has 0 fully saturated rings. The van der Waals surface area contributed by atoms with Crippen LogP contribution in [0.4, 0.5) is 10.1 Å². The molecular formula is C14H16FN2. The minimum Gasteiger partial charge on any atom is -0.382 e. The molecule has 89 valence electrons. The third-order valence-electron chi connectivity index (χ3n) is 2.70. The van der Waals surface area contributed by atoms with E-state index >= 15 is 0 Å². The molecule has 1 aromatic carbocycles. The fourth-order valence-electron chi connectivity index (χ4n) is 1.93. The van der Waals surface area contributed by atoms with Crippen molar-refractivity contribution in [2.45, 2.75) is 26.3 Å². The van der Waals surface area contributed by atoms with E-state index in [9.17, 15) is 4.39 Å². The van der Waals surface area contributed by atoms with Gasteiger partial charge in [0, 0.05) is 29.4 Å². The Morgan fingerprint density at radius 2 is 2.24 bits per heavy atom. The van der Waals surface area contributed by atoms with Crippen molar-refractivity contribution >= 4 is 16.6 Å². The molecule has 0 spiro atoms. The summed E-state index contributed by atoms with van der Waals surface area (Å²) in [4.78, 5) is 4.17. The molecule has 2 nitrogen and oxygen atoms in total. The van der Waals surface area contributed by atoms with Gasteiger partial charge in [-0.05, 0) is 38.0 Å². The van der Waals surface area contributed by atoms with Crippen molar-refractivity contribution in [3.05, 3.63) is 42.7 Å². The van der Waals surface area contributed by atoms with E-state index < -0.39 is 0 Å². The van der Waals surface area contributed by atoms with Crippen LogP contribution in [-0.4, -0.2) is 11.0 Å². The number of fused-ring (bicyclic) bond motifs is 1. The number of anilines is 1. The second-order valence-electron chi connectivity index (χ2n) is 4.21. The van der Waals surface area contributed by atoms with Gasteiger partial charge < -0.3 is 5.32 Å². The lowest BCUT2D eigenvalue weighted by atomic mass is 10.1. The lowest BCUT2D eigenvalue weighted by molar-refractivity contribution is 0.629. The summed E-state index contributed by atoms with van der Waals surface area (Å²) in [7, 11) is 0. The fourth-order valence-corrected chi connectivity index (χ4v) is 1.93. The number of hydrogen-bond donors (Lipinski definition) is 1. The fraction of sp³-hybridized carbons (Fsp3) is 0.286. The van der Waals surface area contributed by atoms with Gasteiger partial charge in [-0.15, -0.1) is 0 Å². The number of nitrogens with zero attached hydrogens (tertiary/aromatic N) is 1. The Kier molecular flexibility index (Phi) is 3.57. The van der Waals surface area contributed by atoms with Crippen LogP contribution in [0.3, 0.4) is 0 Å². The largest absolute Gasteiger partial charge is 0.382 e. The van der Waals surface area contributed by atoms with E-state index in [-0.39, 0.29) is 5.82 Å². The van der Waals surface area contributed by atoms with Crippen molar-refractivity contribution in [1.82, 2.24) is 4.98 Å². The first kappa shape index (κ1) is 11.8. The summed E-state index contributed by atoms with van der Waals surface area (Å²) in [6.45, 7) is 4.16. The summed E-state index contributed by atoms with van der Waals surface area (Å²) in [5.41, 5.74) is 1.69. The second-order valence-corrected chi connectivity index (χ2v) is 4.21. The van der Waals surface area contributed by atoms with Crippen molar-refractivity contribution in [2.24, 2.45) is 0 Å². The molecule has 0 aliphatic heterocycles. The zero-order valence-corrected chi connectivity index (χ0v) is 10.1. The molecule has 17 heavy (non-hydrogen) atoms. The van der Waals surface area contributed by atoms with E-state index in [4.69, 9.17) is 0 Å². The third kappa shape index (κ3) is 2.73. The van der Waals surface area contributed by atoms with Gasteiger partial charge in [-0.25, -0.2) is 4.39 Å². The third-order valence-corrected chi connectivity index (χ3v) is 2.70. The molecule has 0 saturated carbocycles. The zero-order valence-electron chi connectivity index (χ0n) is 10.1. The Balaban J connectivity index is 2.34. The molecular weight excluding hydrogens is 215 g/mol. The normalized spacial score (nSPS) is 12.6. The Bertz CT molecular complexity index is 511. The van der Waals surface area contributed by atoms with E-state index in [1.807, 2.05) is 13.0 Å². The molecule has 2 rings (SSSR count). The SMILES string of the molecule is C[CH]C[C@H](C)Nc1ccnc2cc(F)ccc12. The maximum atomic E-state index is 13.1. The monoisotopic (exact) mass is 231 g/mol. The molecule has 0 aliphatic carbocycles. The van der Waals surface area contributed by atoms with Crippen LogP contribution >= 0.6 is 0 Å². The highest BCUT2D eigenvalue weighted by molar-refractivity contribution is 5.91. The van der Waals surface area contributed by atoms with E-state index in [2.05, 4.69) is 23.6 Å². The van der Waals surface area contributed by atoms with E-state index in [1.54, 1.807) is 12.3 Å². The first-order valence-corrected chi connectivity index (χ1v) is 5.79. The number of pyridine rings is 1. The van der Waals surface area contributed by atoms with Crippen LogP contribution in [0.15, 0.2) is 30.5 Å². The van der Waals surface area contributed by atoms with Crippen LogP contribution in [0.1, 0.15) is 20.3 Å². The summed E-state index contributed by atoms with van der Waals surface area (Å²) in [6, 6.07) is 6.97. The minimum absolute atomic E-state index is 0.253. The predicted molar refractivity (Wildman–Crippen MR) is 69.4 cm³/mol.